The summed E-state index contributed by atoms with van der Waals surface area (Å²) in [7, 11) is 0. The lowest BCUT2D eigenvalue weighted by Crippen LogP contribution is -2.45. The van der Waals surface area contributed by atoms with Gasteiger partial charge in [-0.2, -0.15) is 0 Å². The quantitative estimate of drug-likeness (QED) is 0.642. The first-order valence-electron chi connectivity index (χ1n) is 5.73. The maximum atomic E-state index is 13.6. The normalized spacial score (nSPS) is 21.7. The number of nitrogens with one attached hydrogen (secondary N) is 1. The number of halogens is 2. The van der Waals surface area contributed by atoms with Gasteiger partial charge in [-0.3, -0.25) is 11.3 Å². The molecule has 94 valence electrons. The van der Waals surface area contributed by atoms with E-state index in [-0.39, 0.29) is 18.0 Å². The molecule has 1 aromatic rings. The van der Waals surface area contributed by atoms with Crippen LogP contribution in [0.5, 0.6) is 0 Å². The first-order valence-corrected chi connectivity index (χ1v) is 6.11. The van der Waals surface area contributed by atoms with Crippen molar-refractivity contribution in [1.29, 1.82) is 0 Å². The van der Waals surface area contributed by atoms with E-state index in [1.54, 1.807) is 12.1 Å². The fourth-order valence-corrected chi connectivity index (χ4v) is 2.41. The molecule has 0 bridgehead atoms. The Hall–Kier alpha value is -0.680. The second-order valence-corrected chi connectivity index (χ2v) is 4.64. The molecule has 5 heteroatoms. The van der Waals surface area contributed by atoms with E-state index in [1.807, 2.05) is 0 Å². The standard InChI is InChI=1S/C12H16ClFN2O/c13-9-3-1-4-10(14)8(9)7-11(16-15)12-5-2-6-17-12/h1,3-4,11-12,16H,2,5-7,15H2. The van der Waals surface area contributed by atoms with Crippen molar-refractivity contribution in [2.75, 3.05) is 6.61 Å². The molecule has 1 aliphatic rings. The summed E-state index contributed by atoms with van der Waals surface area (Å²) in [4.78, 5) is 0. The largest absolute Gasteiger partial charge is 0.377 e. The van der Waals surface area contributed by atoms with Gasteiger partial charge >= 0.3 is 0 Å². The smallest absolute Gasteiger partial charge is 0.127 e. The van der Waals surface area contributed by atoms with Gasteiger partial charge < -0.3 is 4.74 Å². The second-order valence-electron chi connectivity index (χ2n) is 4.23. The summed E-state index contributed by atoms with van der Waals surface area (Å²) in [5.41, 5.74) is 3.19. The summed E-state index contributed by atoms with van der Waals surface area (Å²) < 4.78 is 19.2. The van der Waals surface area contributed by atoms with Crippen LogP contribution in [0.4, 0.5) is 4.39 Å². The molecule has 1 fully saturated rings. The lowest BCUT2D eigenvalue weighted by Gasteiger charge is -2.22. The van der Waals surface area contributed by atoms with Crippen LogP contribution in [-0.2, 0) is 11.2 Å². The first-order chi connectivity index (χ1) is 8.22. The lowest BCUT2D eigenvalue weighted by molar-refractivity contribution is 0.0782. The maximum Gasteiger partial charge on any atom is 0.127 e. The molecular weight excluding hydrogens is 243 g/mol. The third kappa shape index (κ3) is 2.96. The zero-order valence-electron chi connectivity index (χ0n) is 9.46. The van der Waals surface area contributed by atoms with Crippen molar-refractivity contribution in [3.8, 4) is 0 Å². The van der Waals surface area contributed by atoms with Crippen molar-refractivity contribution in [2.45, 2.75) is 31.4 Å². The summed E-state index contributed by atoms with van der Waals surface area (Å²) in [6, 6.07) is 4.58. The van der Waals surface area contributed by atoms with Crippen LogP contribution in [0.1, 0.15) is 18.4 Å². The molecule has 1 heterocycles. The number of hydrogen-bond donors (Lipinski definition) is 2. The fraction of sp³-hybridized carbons (Fsp3) is 0.500. The number of rotatable bonds is 4. The van der Waals surface area contributed by atoms with Gasteiger partial charge in [-0.15, -0.1) is 0 Å². The third-order valence-corrected chi connectivity index (χ3v) is 3.47. The van der Waals surface area contributed by atoms with E-state index >= 15 is 0 Å². The SMILES string of the molecule is NNC(Cc1c(F)cccc1Cl)C1CCCO1. The predicted octanol–water partition coefficient (Wildman–Crippen LogP) is 2.03. The van der Waals surface area contributed by atoms with Gasteiger partial charge in [0.1, 0.15) is 5.82 Å². The van der Waals surface area contributed by atoms with Crippen LogP contribution in [0.3, 0.4) is 0 Å². The van der Waals surface area contributed by atoms with Crippen LogP contribution in [0, 0.1) is 5.82 Å². The fourth-order valence-electron chi connectivity index (χ4n) is 2.16. The maximum absolute atomic E-state index is 13.6. The van der Waals surface area contributed by atoms with E-state index in [0.717, 1.165) is 19.4 Å². The second kappa shape index (κ2) is 5.78. The van der Waals surface area contributed by atoms with Crippen LogP contribution in [-0.4, -0.2) is 18.8 Å². The molecule has 1 saturated heterocycles. The lowest BCUT2D eigenvalue weighted by atomic mass is 9.99. The van der Waals surface area contributed by atoms with Crippen LogP contribution in [0.25, 0.3) is 0 Å². The highest BCUT2D eigenvalue weighted by Crippen LogP contribution is 2.24. The zero-order chi connectivity index (χ0) is 12.3. The Labute approximate surface area is 105 Å². The molecule has 0 spiro atoms. The summed E-state index contributed by atoms with van der Waals surface area (Å²) in [6.45, 7) is 0.744. The van der Waals surface area contributed by atoms with Gasteiger partial charge in [0.25, 0.3) is 0 Å². The Balaban J connectivity index is 2.12. The van der Waals surface area contributed by atoms with Gasteiger partial charge in [-0.1, -0.05) is 17.7 Å². The molecule has 0 aliphatic carbocycles. The van der Waals surface area contributed by atoms with Gasteiger partial charge in [-0.25, -0.2) is 4.39 Å². The van der Waals surface area contributed by atoms with E-state index in [4.69, 9.17) is 22.2 Å². The third-order valence-electron chi connectivity index (χ3n) is 3.11. The van der Waals surface area contributed by atoms with Crippen molar-refractivity contribution in [3.63, 3.8) is 0 Å². The average Bonchev–Trinajstić information content (AvgIpc) is 2.82. The van der Waals surface area contributed by atoms with Crippen LogP contribution in [0.2, 0.25) is 5.02 Å². The van der Waals surface area contributed by atoms with E-state index in [9.17, 15) is 4.39 Å². The number of nitrogens with two attached hydrogens (primary N) is 1. The van der Waals surface area contributed by atoms with Gasteiger partial charge in [0.05, 0.1) is 12.1 Å². The first kappa shape index (κ1) is 12.8. The molecule has 3 N–H and O–H groups in total. The van der Waals surface area contributed by atoms with Crippen molar-refractivity contribution < 1.29 is 9.13 Å². The van der Waals surface area contributed by atoms with E-state index in [2.05, 4.69) is 5.43 Å². The van der Waals surface area contributed by atoms with Gasteiger partial charge in [-0.05, 0) is 31.4 Å². The minimum absolute atomic E-state index is 0.0377. The number of hydrogen-bond acceptors (Lipinski definition) is 3. The molecule has 2 rings (SSSR count). The topological polar surface area (TPSA) is 47.3 Å². The van der Waals surface area contributed by atoms with Gasteiger partial charge in [0, 0.05) is 17.2 Å². The molecule has 3 nitrogen and oxygen atoms in total. The highest BCUT2D eigenvalue weighted by molar-refractivity contribution is 6.31. The summed E-state index contributed by atoms with van der Waals surface area (Å²) in [5, 5.41) is 0.434. The Morgan fingerprint density at radius 3 is 3.00 bits per heavy atom. The minimum Gasteiger partial charge on any atom is -0.377 e. The minimum atomic E-state index is -0.296. The van der Waals surface area contributed by atoms with Crippen LogP contribution < -0.4 is 11.3 Å². The van der Waals surface area contributed by atoms with Crippen LogP contribution in [0.15, 0.2) is 18.2 Å². The average molecular weight is 259 g/mol. The monoisotopic (exact) mass is 258 g/mol. The Kier molecular flexibility index (Phi) is 4.34. The Bertz CT molecular complexity index is 363. The Morgan fingerprint density at radius 1 is 1.59 bits per heavy atom. The van der Waals surface area contributed by atoms with Crippen LogP contribution >= 0.6 is 11.6 Å². The molecule has 17 heavy (non-hydrogen) atoms. The molecule has 1 aromatic carbocycles. The number of benzene rings is 1. The Morgan fingerprint density at radius 2 is 2.41 bits per heavy atom. The highest BCUT2D eigenvalue weighted by Gasteiger charge is 2.26. The number of hydrazine groups is 1. The molecule has 0 aromatic heterocycles. The van der Waals surface area contributed by atoms with E-state index < -0.39 is 0 Å². The van der Waals surface area contributed by atoms with Gasteiger partial charge in [0.2, 0.25) is 0 Å². The molecular formula is C12H16ClFN2O. The predicted molar refractivity (Wildman–Crippen MR) is 65.2 cm³/mol. The molecule has 1 aliphatic heterocycles. The molecule has 2 atom stereocenters. The molecule has 2 unspecified atom stereocenters. The van der Waals surface area contributed by atoms with Crippen molar-refractivity contribution in [1.82, 2.24) is 5.43 Å². The molecule has 0 radical (unpaired) electrons. The summed E-state index contributed by atoms with van der Waals surface area (Å²) in [6.07, 6.45) is 2.44. The molecule has 0 saturated carbocycles. The summed E-state index contributed by atoms with van der Waals surface area (Å²) in [5.74, 6) is 5.21. The highest BCUT2D eigenvalue weighted by atomic mass is 35.5. The van der Waals surface area contributed by atoms with E-state index in [0.29, 0.717) is 17.0 Å². The van der Waals surface area contributed by atoms with Crippen molar-refractivity contribution >= 4 is 11.6 Å². The zero-order valence-corrected chi connectivity index (χ0v) is 10.2. The van der Waals surface area contributed by atoms with E-state index in [1.165, 1.54) is 6.07 Å². The number of ether oxygens (including phenoxy) is 1. The summed E-state index contributed by atoms with van der Waals surface area (Å²) >= 11 is 5.99. The molecule has 0 amide bonds. The van der Waals surface area contributed by atoms with Crippen molar-refractivity contribution in [2.24, 2.45) is 5.84 Å². The van der Waals surface area contributed by atoms with Crippen molar-refractivity contribution in [3.05, 3.63) is 34.6 Å². The van der Waals surface area contributed by atoms with Gasteiger partial charge in [0.15, 0.2) is 0 Å².